The fourth-order valence-electron chi connectivity index (χ4n) is 2.56. The van der Waals surface area contributed by atoms with E-state index < -0.39 is 0 Å². The Kier molecular flexibility index (Phi) is 3.08. The van der Waals surface area contributed by atoms with Crippen molar-refractivity contribution < 1.29 is 0 Å². The number of nitrogens with one attached hydrogen (secondary N) is 1. The summed E-state index contributed by atoms with van der Waals surface area (Å²) in [5.41, 5.74) is 5.06. The number of pyridine rings is 1. The summed E-state index contributed by atoms with van der Waals surface area (Å²) in [5.74, 6) is 0. The summed E-state index contributed by atoms with van der Waals surface area (Å²) in [4.78, 5) is 4.32. The summed E-state index contributed by atoms with van der Waals surface area (Å²) >= 11 is 3.53. The average Bonchev–Trinajstić information content (AvgIpc) is 2.74. The summed E-state index contributed by atoms with van der Waals surface area (Å²) in [5, 5.41) is 3.61. The molecular formula is C15H15BrN2. The minimum Gasteiger partial charge on any atom is -0.377 e. The minimum atomic E-state index is 0.413. The standard InChI is InChI=1S/C15H15BrN2/c1-10-14(3-2-8-17-10)18-15-7-4-11-9-12(16)5-6-13(11)15/h2-3,5-6,8-9,15,18H,4,7H2,1H3. The smallest absolute Gasteiger partial charge is 0.0603 e. The second-order valence-electron chi connectivity index (χ2n) is 4.72. The Balaban J connectivity index is 1.87. The summed E-state index contributed by atoms with van der Waals surface area (Å²) in [6.07, 6.45) is 4.13. The predicted octanol–water partition coefficient (Wildman–Crippen LogP) is 4.25. The molecule has 2 aromatic rings. The van der Waals surface area contributed by atoms with Crippen molar-refractivity contribution in [3.05, 3.63) is 57.8 Å². The SMILES string of the molecule is Cc1ncccc1NC1CCc2cc(Br)ccc21. The van der Waals surface area contributed by atoms with E-state index in [0.29, 0.717) is 6.04 Å². The number of aromatic nitrogens is 1. The van der Waals surface area contributed by atoms with E-state index in [0.717, 1.165) is 24.2 Å². The van der Waals surface area contributed by atoms with E-state index in [4.69, 9.17) is 0 Å². The van der Waals surface area contributed by atoms with Gasteiger partial charge >= 0.3 is 0 Å². The Morgan fingerprint density at radius 1 is 1.33 bits per heavy atom. The summed E-state index contributed by atoms with van der Waals surface area (Å²) < 4.78 is 1.17. The van der Waals surface area contributed by atoms with Crippen molar-refractivity contribution in [2.75, 3.05) is 5.32 Å². The zero-order valence-electron chi connectivity index (χ0n) is 10.3. The van der Waals surface area contributed by atoms with Crippen LogP contribution in [0.25, 0.3) is 0 Å². The van der Waals surface area contributed by atoms with Gasteiger partial charge in [-0.05, 0) is 55.2 Å². The van der Waals surface area contributed by atoms with Crippen LogP contribution in [0.4, 0.5) is 5.69 Å². The number of halogens is 1. The molecule has 0 amide bonds. The highest BCUT2D eigenvalue weighted by molar-refractivity contribution is 9.10. The summed E-state index contributed by atoms with van der Waals surface area (Å²) in [6.45, 7) is 2.04. The van der Waals surface area contributed by atoms with Crippen molar-refractivity contribution in [2.24, 2.45) is 0 Å². The molecule has 1 unspecified atom stereocenters. The quantitative estimate of drug-likeness (QED) is 0.897. The fourth-order valence-corrected chi connectivity index (χ4v) is 2.97. The lowest BCUT2D eigenvalue weighted by Crippen LogP contribution is -2.08. The zero-order chi connectivity index (χ0) is 12.5. The van der Waals surface area contributed by atoms with Gasteiger partial charge in [0.25, 0.3) is 0 Å². The Morgan fingerprint density at radius 2 is 2.22 bits per heavy atom. The Hall–Kier alpha value is -1.35. The molecule has 18 heavy (non-hydrogen) atoms. The Morgan fingerprint density at radius 3 is 3.06 bits per heavy atom. The van der Waals surface area contributed by atoms with E-state index in [1.54, 1.807) is 0 Å². The lowest BCUT2D eigenvalue weighted by atomic mass is 10.1. The van der Waals surface area contributed by atoms with E-state index in [9.17, 15) is 0 Å². The first-order valence-corrected chi connectivity index (χ1v) is 7.00. The van der Waals surface area contributed by atoms with Crippen LogP contribution < -0.4 is 5.32 Å². The van der Waals surface area contributed by atoms with Crippen LogP contribution in [0.3, 0.4) is 0 Å². The van der Waals surface area contributed by atoms with Crippen molar-refractivity contribution in [2.45, 2.75) is 25.8 Å². The van der Waals surface area contributed by atoms with Crippen LogP contribution in [0.2, 0.25) is 0 Å². The van der Waals surface area contributed by atoms with Crippen molar-refractivity contribution in [3.63, 3.8) is 0 Å². The molecule has 1 atom stereocenters. The van der Waals surface area contributed by atoms with E-state index >= 15 is 0 Å². The van der Waals surface area contributed by atoms with Crippen LogP contribution in [-0.2, 0) is 6.42 Å². The molecule has 0 radical (unpaired) electrons. The molecule has 0 bridgehead atoms. The van der Waals surface area contributed by atoms with Gasteiger partial charge in [-0.15, -0.1) is 0 Å². The number of hydrogen-bond acceptors (Lipinski definition) is 2. The van der Waals surface area contributed by atoms with Crippen molar-refractivity contribution in [3.8, 4) is 0 Å². The number of anilines is 1. The normalized spacial score (nSPS) is 17.6. The third-order valence-electron chi connectivity index (χ3n) is 3.52. The van der Waals surface area contributed by atoms with Gasteiger partial charge in [0.05, 0.1) is 17.4 Å². The first kappa shape index (κ1) is 11.7. The van der Waals surface area contributed by atoms with Crippen LogP contribution in [0.1, 0.15) is 29.3 Å². The molecule has 1 aliphatic rings. The van der Waals surface area contributed by atoms with Gasteiger partial charge in [-0.3, -0.25) is 4.98 Å². The second kappa shape index (κ2) is 4.73. The van der Waals surface area contributed by atoms with E-state index in [1.807, 2.05) is 19.2 Å². The van der Waals surface area contributed by atoms with E-state index in [1.165, 1.54) is 15.6 Å². The number of hydrogen-bond donors (Lipinski definition) is 1. The van der Waals surface area contributed by atoms with Crippen molar-refractivity contribution in [1.82, 2.24) is 4.98 Å². The maximum absolute atomic E-state index is 4.32. The molecule has 2 nitrogen and oxygen atoms in total. The number of nitrogens with zero attached hydrogens (tertiary/aromatic N) is 1. The largest absolute Gasteiger partial charge is 0.377 e. The zero-order valence-corrected chi connectivity index (χ0v) is 11.9. The molecule has 1 aromatic heterocycles. The maximum atomic E-state index is 4.32. The molecule has 3 heteroatoms. The topological polar surface area (TPSA) is 24.9 Å². The average molecular weight is 303 g/mol. The molecule has 1 aromatic carbocycles. The molecule has 0 aliphatic heterocycles. The van der Waals surface area contributed by atoms with Crippen LogP contribution >= 0.6 is 15.9 Å². The monoisotopic (exact) mass is 302 g/mol. The third-order valence-corrected chi connectivity index (χ3v) is 4.01. The van der Waals surface area contributed by atoms with Crippen molar-refractivity contribution >= 4 is 21.6 Å². The molecule has 1 N–H and O–H groups in total. The Labute approximate surface area is 116 Å². The van der Waals surface area contributed by atoms with Gasteiger partial charge < -0.3 is 5.32 Å². The van der Waals surface area contributed by atoms with Crippen LogP contribution in [0.15, 0.2) is 41.0 Å². The highest BCUT2D eigenvalue weighted by Crippen LogP contribution is 2.35. The maximum Gasteiger partial charge on any atom is 0.0603 e. The molecule has 1 heterocycles. The number of aryl methyl sites for hydroxylation is 2. The van der Waals surface area contributed by atoms with Crippen LogP contribution in [-0.4, -0.2) is 4.98 Å². The van der Waals surface area contributed by atoms with Gasteiger partial charge in [0, 0.05) is 10.7 Å². The number of fused-ring (bicyclic) bond motifs is 1. The van der Waals surface area contributed by atoms with Gasteiger partial charge in [0.1, 0.15) is 0 Å². The van der Waals surface area contributed by atoms with Gasteiger partial charge in [0.2, 0.25) is 0 Å². The molecule has 3 rings (SSSR count). The molecule has 0 fully saturated rings. The lowest BCUT2D eigenvalue weighted by Gasteiger charge is -2.16. The number of benzene rings is 1. The van der Waals surface area contributed by atoms with E-state index in [-0.39, 0.29) is 0 Å². The predicted molar refractivity (Wildman–Crippen MR) is 77.8 cm³/mol. The van der Waals surface area contributed by atoms with Crippen LogP contribution in [0.5, 0.6) is 0 Å². The van der Waals surface area contributed by atoms with Gasteiger partial charge in [0.15, 0.2) is 0 Å². The molecule has 0 saturated heterocycles. The third kappa shape index (κ3) is 2.15. The first-order valence-electron chi connectivity index (χ1n) is 6.20. The highest BCUT2D eigenvalue weighted by Gasteiger charge is 2.22. The summed E-state index contributed by atoms with van der Waals surface area (Å²) in [6, 6.07) is 11.1. The van der Waals surface area contributed by atoms with E-state index in [2.05, 4.69) is 50.5 Å². The molecule has 0 saturated carbocycles. The van der Waals surface area contributed by atoms with Crippen LogP contribution in [0, 0.1) is 6.92 Å². The molecule has 0 spiro atoms. The fraction of sp³-hybridized carbons (Fsp3) is 0.267. The first-order chi connectivity index (χ1) is 8.74. The molecule has 1 aliphatic carbocycles. The van der Waals surface area contributed by atoms with Crippen molar-refractivity contribution in [1.29, 1.82) is 0 Å². The summed E-state index contributed by atoms with van der Waals surface area (Å²) in [7, 11) is 0. The number of rotatable bonds is 2. The molecular weight excluding hydrogens is 288 g/mol. The van der Waals surface area contributed by atoms with Gasteiger partial charge in [-0.25, -0.2) is 0 Å². The molecule has 92 valence electrons. The Bertz CT molecular complexity index is 580. The van der Waals surface area contributed by atoms with Gasteiger partial charge in [-0.2, -0.15) is 0 Å². The van der Waals surface area contributed by atoms with Gasteiger partial charge in [-0.1, -0.05) is 22.0 Å². The lowest BCUT2D eigenvalue weighted by molar-refractivity contribution is 0.760. The second-order valence-corrected chi connectivity index (χ2v) is 5.63. The highest BCUT2D eigenvalue weighted by atomic mass is 79.9. The minimum absolute atomic E-state index is 0.413.